The largest absolute Gasteiger partial charge is 0.487 e. The third kappa shape index (κ3) is 5.16. The van der Waals surface area contributed by atoms with Crippen LogP contribution in [0.15, 0.2) is 67.3 Å². The molecule has 1 aromatic carbocycles. The number of hydrogen-bond donors (Lipinski definition) is 3. The predicted octanol–water partition coefficient (Wildman–Crippen LogP) is 2.43. The number of nitrogens with one attached hydrogen (secondary N) is 2. The van der Waals surface area contributed by atoms with Crippen molar-refractivity contribution in [3.63, 3.8) is 0 Å². The average molecular weight is 475 g/mol. The number of amides is 2. The van der Waals surface area contributed by atoms with Crippen molar-refractivity contribution < 1.29 is 24.2 Å². The number of anilines is 1. The van der Waals surface area contributed by atoms with Crippen LogP contribution in [0.4, 0.5) is 5.69 Å². The topological polar surface area (TPSA) is 123 Å². The summed E-state index contributed by atoms with van der Waals surface area (Å²) in [6.45, 7) is 0.175. The van der Waals surface area contributed by atoms with Crippen LogP contribution in [0.3, 0.4) is 0 Å². The zero-order valence-electron chi connectivity index (χ0n) is 19.0. The Bertz CT molecular complexity index is 1190. The Kier molecular flexibility index (Phi) is 6.69. The maximum atomic E-state index is 12.6. The van der Waals surface area contributed by atoms with Gasteiger partial charge in [0.05, 0.1) is 24.7 Å². The average Bonchev–Trinajstić information content (AvgIpc) is 3.26. The molecule has 0 aliphatic carbocycles. The lowest BCUT2D eigenvalue weighted by Gasteiger charge is -2.37. The summed E-state index contributed by atoms with van der Waals surface area (Å²) in [5.41, 5.74) is 2.95. The van der Waals surface area contributed by atoms with Gasteiger partial charge in [-0.15, -0.1) is 0 Å². The molecule has 2 amide bonds. The first-order chi connectivity index (χ1) is 17.1. The maximum absolute atomic E-state index is 12.6. The molecule has 2 aliphatic heterocycles. The summed E-state index contributed by atoms with van der Waals surface area (Å²) < 4.78 is 12.1. The van der Waals surface area contributed by atoms with Crippen molar-refractivity contribution in [1.29, 1.82) is 0 Å². The molecule has 9 heteroatoms. The van der Waals surface area contributed by atoms with Crippen molar-refractivity contribution in [3.8, 4) is 5.75 Å². The molecule has 0 saturated carbocycles. The van der Waals surface area contributed by atoms with Gasteiger partial charge in [-0.05, 0) is 48.4 Å². The lowest BCUT2D eigenvalue weighted by atomic mass is 9.84. The van der Waals surface area contributed by atoms with E-state index in [0.29, 0.717) is 30.0 Å². The Hall–Kier alpha value is -3.82. The van der Waals surface area contributed by atoms with Crippen LogP contribution in [0.25, 0.3) is 0 Å². The van der Waals surface area contributed by atoms with E-state index in [2.05, 4.69) is 20.6 Å². The lowest BCUT2D eigenvalue weighted by molar-refractivity contribution is -0.142. The van der Waals surface area contributed by atoms with Crippen LogP contribution in [0.5, 0.6) is 5.75 Å². The molecular weight excluding hydrogens is 448 g/mol. The van der Waals surface area contributed by atoms with Gasteiger partial charge in [-0.2, -0.15) is 0 Å². The molecule has 3 N–H and O–H groups in total. The van der Waals surface area contributed by atoms with E-state index in [9.17, 15) is 14.7 Å². The molecule has 0 spiro atoms. The number of pyridine rings is 2. The molecule has 0 radical (unpaired) electrons. The minimum absolute atomic E-state index is 0.0673. The summed E-state index contributed by atoms with van der Waals surface area (Å²) in [6, 6.07) is 12.6. The number of ether oxygens (including phenoxy) is 2. The molecule has 0 bridgehead atoms. The van der Waals surface area contributed by atoms with Gasteiger partial charge in [0.2, 0.25) is 5.91 Å². The van der Waals surface area contributed by atoms with E-state index >= 15 is 0 Å². The van der Waals surface area contributed by atoms with Gasteiger partial charge in [-0.3, -0.25) is 19.6 Å². The predicted molar refractivity (Wildman–Crippen MR) is 127 cm³/mol. The van der Waals surface area contributed by atoms with Crippen LogP contribution in [-0.4, -0.2) is 51.8 Å². The fraction of sp³-hybridized carbons (Fsp3) is 0.308. The first-order valence-electron chi connectivity index (χ1n) is 11.5. The monoisotopic (exact) mass is 474 g/mol. The van der Waals surface area contributed by atoms with E-state index in [-0.39, 0.29) is 43.0 Å². The molecular formula is C26H26N4O5. The summed E-state index contributed by atoms with van der Waals surface area (Å²) in [5, 5.41) is 15.7. The van der Waals surface area contributed by atoms with Crippen LogP contribution in [0.2, 0.25) is 0 Å². The van der Waals surface area contributed by atoms with E-state index in [1.807, 2.05) is 24.3 Å². The quantitative estimate of drug-likeness (QED) is 0.481. The minimum Gasteiger partial charge on any atom is -0.487 e. The third-order valence-corrected chi connectivity index (χ3v) is 6.31. The van der Waals surface area contributed by atoms with E-state index in [0.717, 1.165) is 11.1 Å². The second-order valence-electron chi connectivity index (χ2n) is 8.69. The normalized spacial score (nSPS) is 22.4. The van der Waals surface area contributed by atoms with E-state index in [1.165, 1.54) is 6.20 Å². The van der Waals surface area contributed by atoms with Crippen molar-refractivity contribution in [2.24, 2.45) is 0 Å². The first-order valence-corrected chi connectivity index (χ1v) is 11.5. The van der Waals surface area contributed by atoms with Gasteiger partial charge in [0.15, 0.2) is 0 Å². The minimum atomic E-state index is -0.550. The molecule has 2 aliphatic rings. The lowest BCUT2D eigenvalue weighted by Crippen LogP contribution is -2.47. The number of aromatic nitrogens is 2. The molecule has 3 aromatic rings. The zero-order chi connectivity index (χ0) is 24.2. The van der Waals surface area contributed by atoms with E-state index < -0.39 is 6.10 Å². The molecule has 5 rings (SSSR count). The van der Waals surface area contributed by atoms with Gasteiger partial charge < -0.3 is 25.2 Å². The zero-order valence-corrected chi connectivity index (χ0v) is 19.0. The summed E-state index contributed by atoms with van der Waals surface area (Å²) in [7, 11) is 0. The van der Waals surface area contributed by atoms with Gasteiger partial charge in [0, 0.05) is 48.5 Å². The van der Waals surface area contributed by atoms with Gasteiger partial charge in [-0.1, -0.05) is 6.07 Å². The highest BCUT2D eigenvalue weighted by atomic mass is 16.6. The highest BCUT2D eigenvalue weighted by Crippen LogP contribution is 2.47. The Morgan fingerprint density at radius 1 is 1.09 bits per heavy atom. The van der Waals surface area contributed by atoms with Gasteiger partial charge in [0.1, 0.15) is 18.0 Å². The smallest absolute Gasteiger partial charge is 0.257 e. The fourth-order valence-corrected chi connectivity index (χ4v) is 4.65. The Morgan fingerprint density at radius 3 is 2.66 bits per heavy atom. The van der Waals surface area contributed by atoms with Gasteiger partial charge in [0.25, 0.3) is 5.91 Å². The number of carbonyl (C=O) groups excluding carboxylic acids is 2. The third-order valence-electron chi connectivity index (χ3n) is 6.31. The SMILES string of the molecule is O=C(C[C@H]1C[C@H]2c3cc(NC(=O)c4cccnc4)ccc3O[C@H]2[C@@H](CO)O1)NCc1cccnc1. The van der Waals surface area contributed by atoms with Crippen molar-refractivity contribution in [1.82, 2.24) is 15.3 Å². The molecule has 180 valence electrons. The molecule has 9 nitrogen and oxygen atoms in total. The Balaban J connectivity index is 1.26. The van der Waals surface area contributed by atoms with E-state index in [4.69, 9.17) is 9.47 Å². The van der Waals surface area contributed by atoms with Crippen molar-refractivity contribution in [2.75, 3.05) is 11.9 Å². The molecule has 4 atom stereocenters. The van der Waals surface area contributed by atoms with Crippen LogP contribution in [0.1, 0.15) is 40.2 Å². The molecule has 4 heterocycles. The van der Waals surface area contributed by atoms with E-state index in [1.54, 1.807) is 36.8 Å². The van der Waals surface area contributed by atoms with Crippen LogP contribution < -0.4 is 15.4 Å². The highest BCUT2D eigenvalue weighted by molar-refractivity contribution is 6.04. The molecule has 1 saturated heterocycles. The van der Waals surface area contributed by atoms with Crippen molar-refractivity contribution >= 4 is 17.5 Å². The van der Waals surface area contributed by atoms with Crippen LogP contribution >= 0.6 is 0 Å². The van der Waals surface area contributed by atoms with Crippen molar-refractivity contribution in [3.05, 3.63) is 83.9 Å². The standard InChI is InChI=1S/C26H26N4O5/c31-15-23-25-21(10-19(34-23)11-24(32)29-13-16-3-1-7-27-12-16)20-9-18(5-6-22(20)35-25)30-26(33)17-4-2-8-28-14-17/h1-9,12,14,19,21,23,25,31H,10-11,13,15H2,(H,29,32)(H,30,33)/t19-,21+,23-,25-/m1/s1. The molecule has 35 heavy (non-hydrogen) atoms. The van der Waals surface area contributed by atoms with Crippen LogP contribution in [-0.2, 0) is 16.1 Å². The van der Waals surface area contributed by atoms with Gasteiger partial charge in [-0.25, -0.2) is 0 Å². The Labute approximate surface area is 202 Å². The first kappa shape index (κ1) is 22.9. The molecule has 0 unspecified atom stereocenters. The number of fused-ring (bicyclic) bond motifs is 3. The van der Waals surface area contributed by atoms with Gasteiger partial charge >= 0.3 is 0 Å². The summed E-state index contributed by atoms with van der Waals surface area (Å²) >= 11 is 0. The maximum Gasteiger partial charge on any atom is 0.257 e. The summed E-state index contributed by atoms with van der Waals surface area (Å²) in [5.74, 6) is 0.243. The number of aliphatic hydroxyl groups is 1. The number of rotatable bonds is 7. The summed E-state index contributed by atoms with van der Waals surface area (Å²) in [6.07, 6.45) is 5.98. The van der Waals surface area contributed by atoms with Crippen molar-refractivity contribution in [2.45, 2.75) is 43.6 Å². The number of benzene rings is 1. The molecule has 2 aromatic heterocycles. The number of hydrogen-bond acceptors (Lipinski definition) is 7. The Morgan fingerprint density at radius 2 is 1.91 bits per heavy atom. The highest BCUT2D eigenvalue weighted by Gasteiger charge is 2.46. The summed E-state index contributed by atoms with van der Waals surface area (Å²) in [4.78, 5) is 33.2. The second-order valence-corrected chi connectivity index (χ2v) is 8.69. The second kappa shape index (κ2) is 10.2. The number of aliphatic hydroxyl groups excluding tert-OH is 1. The number of carbonyl (C=O) groups is 2. The molecule has 1 fully saturated rings. The number of nitrogens with zero attached hydrogens (tertiary/aromatic N) is 2. The fourth-order valence-electron chi connectivity index (χ4n) is 4.65. The van der Waals surface area contributed by atoms with Crippen LogP contribution in [0, 0.1) is 0 Å².